The molecule has 0 amide bonds. The summed E-state index contributed by atoms with van der Waals surface area (Å²) in [6.07, 6.45) is 0. The zero-order valence-electron chi connectivity index (χ0n) is 10.5. The third-order valence-corrected chi connectivity index (χ3v) is 3.26. The van der Waals surface area contributed by atoms with Gasteiger partial charge < -0.3 is 10.5 Å². The van der Waals surface area contributed by atoms with Gasteiger partial charge in [-0.2, -0.15) is 0 Å². The van der Waals surface area contributed by atoms with E-state index in [9.17, 15) is 0 Å². The van der Waals surface area contributed by atoms with E-state index < -0.39 is 0 Å². The van der Waals surface area contributed by atoms with Crippen LogP contribution in [0, 0.1) is 6.92 Å². The summed E-state index contributed by atoms with van der Waals surface area (Å²) >= 11 is 3.44. The molecule has 2 aromatic rings. The number of rotatable bonds is 3. The molecule has 94 valence electrons. The summed E-state index contributed by atoms with van der Waals surface area (Å²) in [6, 6.07) is 13.8. The van der Waals surface area contributed by atoms with Gasteiger partial charge in [0.15, 0.2) is 0 Å². The number of benzene rings is 2. The molecule has 0 bridgehead atoms. The minimum atomic E-state index is -0.0445. The lowest BCUT2D eigenvalue weighted by atomic mass is 10.1. The normalized spacial score (nSPS) is 12.2. The topological polar surface area (TPSA) is 35.2 Å². The highest BCUT2D eigenvalue weighted by molar-refractivity contribution is 9.10. The Morgan fingerprint density at radius 2 is 1.83 bits per heavy atom. The number of ether oxygens (including phenoxy) is 1. The maximum Gasteiger partial charge on any atom is 0.132 e. The molecular weight excluding hydrogens is 290 g/mol. The molecule has 0 aliphatic carbocycles. The van der Waals surface area contributed by atoms with Crippen LogP contribution in [-0.2, 0) is 0 Å². The van der Waals surface area contributed by atoms with Crippen molar-refractivity contribution < 1.29 is 4.74 Å². The van der Waals surface area contributed by atoms with E-state index in [1.165, 1.54) is 0 Å². The van der Waals surface area contributed by atoms with Crippen LogP contribution in [0.1, 0.15) is 24.1 Å². The lowest BCUT2D eigenvalue weighted by Crippen LogP contribution is -2.06. The van der Waals surface area contributed by atoms with Crippen molar-refractivity contribution in [2.45, 2.75) is 19.9 Å². The average Bonchev–Trinajstić information content (AvgIpc) is 2.33. The van der Waals surface area contributed by atoms with Crippen molar-refractivity contribution in [2.24, 2.45) is 5.73 Å². The number of halogens is 1. The molecule has 0 fully saturated rings. The standard InChI is InChI=1S/C15H16BrNO/c1-10-9-12(16)7-8-14(10)18-15-6-4-3-5-13(15)11(2)17/h3-9,11H,17H2,1-2H3/t11-/m0/s1. The minimum Gasteiger partial charge on any atom is -0.457 e. The predicted octanol–water partition coefficient (Wildman–Crippen LogP) is 4.57. The van der Waals surface area contributed by atoms with Crippen molar-refractivity contribution in [2.75, 3.05) is 0 Å². The van der Waals surface area contributed by atoms with E-state index in [0.717, 1.165) is 27.1 Å². The average molecular weight is 306 g/mol. The van der Waals surface area contributed by atoms with Crippen molar-refractivity contribution in [3.8, 4) is 11.5 Å². The quantitative estimate of drug-likeness (QED) is 0.901. The molecule has 0 radical (unpaired) electrons. The van der Waals surface area contributed by atoms with Gasteiger partial charge in [0.05, 0.1) is 0 Å². The van der Waals surface area contributed by atoms with Gasteiger partial charge in [0.1, 0.15) is 11.5 Å². The van der Waals surface area contributed by atoms with Crippen molar-refractivity contribution in [3.63, 3.8) is 0 Å². The van der Waals surface area contributed by atoms with Crippen LogP contribution >= 0.6 is 15.9 Å². The minimum absolute atomic E-state index is 0.0445. The Morgan fingerprint density at radius 3 is 2.50 bits per heavy atom. The van der Waals surface area contributed by atoms with Crippen molar-refractivity contribution in [3.05, 3.63) is 58.1 Å². The summed E-state index contributed by atoms with van der Waals surface area (Å²) < 4.78 is 7.00. The van der Waals surface area contributed by atoms with Crippen LogP contribution in [-0.4, -0.2) is 0 Å². The van der Waals surface area contributed by atoms with E-state index >= 15 is 0 Å². The predicted molar refractivity (Wildman–Crippen MR) is 78.0 cm³/mol. The number of aryl methyl sites for hydroxylation is 1. The Morgan fingerprint density at radius 1 is 1.11 bits per heavy atom. The fraction of sp³-hybridized carbons (Fsp3) is 0.200. The van der Waals surface area contributed by atoms with Gasteiger partial charge in [0.25, 0.3) is 0 Å². The van der Waals surface area contributed by atoms with Crippen LogP contribution in [0.25, 0.3) is 0 Å². The third-order valence-electron chi connectivity index (χ3n) is 2.77. The van der Waals surface area contributed by atoms with Crippen LogP contribution in [0.15, 0.2) is 46.9 Å². The third kappa shape index (κ3) is 2.92. The molecule has 0 aromatic heterocycles. The first-order valence-electron chi connectivity index (χ1n) is 5.86. The summed E-state index contributed by atoms with van der Waals surface area (Å²) in [4.78, 5) is 0. The summed E-state index contributed by atoms with van der Waals surface area (Å²) in [5.74, 6) is 1.67. The van der Waals surface area contributed by atoms with Gasteiger partial charge in [-0.1, -0.05) is 34.1 Å². The van der Waals surface area contributed by atoms with Crippen molar-refractivity contribution >= 4 is 15.9 Å². The summed E-state index contributed by atoms with van der Waals surface area (Å²) in [7, 11) is 0. The number of nitrogens with two attached hydrogens (primary N) is 1. The van der Waals surface area contributed by atoms with Crippen LogP contribution < -0.4 is 10.5 Å². The molecule has 0 aliphatic heterocycles. The largest absolute Gasteiger partial charge is 0.457 e. The van der Waals surface area contributed by atoms with Gasteiger partial charge in [0.2, 0.25) is 0 Å². The second-order valence-corrected chi connectivity index (χ2v) is 5.25. The molecule has 0 saturated carbocycles. The highest BCUT2D eigenvalue weighted by Gasteiger charge is 2.09. The molecule has 2 nitrogen and oxygen atoms in total. The van der Waals surface area contributed by atoms with Gasteiger partial charge in [-0.15, -0.1) is 0 Å². The van der Waals surface area contributed by atoms with Crippen LogP contribution in [0.5, 0.6) is 11.5 Å². The summed E-state index contributed by atoms with van der Waals surface area (Å²) in [5, 5.41) is 0. The highest BCUT2D eigenvalue weighted by atomic mass is 79.9. The SMILES string of the molecule is Cc1cc(Br)ccc1Oc1ccccc1[C@H](C)N. The number of hydrogen-bond donors (Lipinski definition) is 1. The van der Waals surface area contributed by atoms with Crippen molar-refractivity contribution in [1.82, 2.24) is 0 Å². The van der Waals surface area contributed by atoms with Crippen molar-refractivity contribution in [1.29, 1.82) is 0 Å². The fourth-order valence-corrected chi connectivity index (χ4v) is 2.27. The molecule has 0 spiro atoms. The first-order valence-corrected chi connectivity index (χ1v) is 6.65. The highest BCUT2D eigenvalue weighted by Crippen LogP contribution is 2.31. The second-order valence-electron chi connectivity index (χ2n) is 4.34. The van der Waals surface area contributed by atoms with E-state index in [1.54, 1.807) is 0 Å². The maximum atomic E-state index is 5.96. The molecule has 3 heteroatoms. The Hall–Kier alpha value is -1.32. The van der Waals surface area contributed by atoms with Gasteiger partial charge >= 0.3 is 0 Å². The fourth-order valence-electron chi connectivity index (χ4n) is 1.80. The van der Waals surface area contributed by atoms with E-state index in [-0.39, 0.29) is 6.04 Å². The van der Waals surface area contributed by atoms with E-state index in [4.69, 9.17) is 10.5 Å². The lowest BCUT2D eigenvalue weighted by molar-refractivity contribution is 0.468. The van der Waals surface area contributed by atoms with Crippen LogP contribution in [0.2, 0.25) is 0 Å². The molecule has 0 saturated heterocycles. The van der Waals surface area contributed by atoms with Crippen LogP contribution in [0.4, 0.5) is 0 Å². The van der Waals surface area contributed by atoms with E-state index in [2.05, 4.69) is 15.9 Å². The molecule has 18 heavy (non-hydrogen) atoms. The Bertz CT molecular complexity index is 552. The van der Waals surface area contributed by atoms with E-state index in [0.29, 0.717) is 0 Å². The Labute approximate surface area is 116 Å². The Kier molecular flexibility index (Phi) is 4.04. The second kappa shape index (κ2) is 5.55. The molecule has 2 aromatic carbocycles. The first kappa shape index (κ1) is 13.1. The summed E-state index contributed by atoms with van der Waals surface area (Å²) in [5.41, 5.74) is 8.04. The monoisotopic (exact) mass is 305 g/mol. The molecule has 1 atom stereocenters. The lowest BCUT2D eigenvalue weighted by Gasteiger charge is -2.15. The van der Waals surface area contributed by atoms with Gasteiger partial charge in [-0.05, 0) is 43.7 Å². The van der Waals surface area contributed by atoms with Gasteiger partial charge in [-0.3, -0.25) is 0 Å². The zero-order chi connectivity index (χ0) is 13.1. The van der Waals surface area contributed by atoms with Gasteiger partial charge in [0, 0.05) is 16.1 Å². The first-order chi connectivity index (χ1) is 8.58. The summed E-state index contributed by atoms with van der Waals surface area (Å²) in [6.45, 7) is 3.98. The molecular formula is C15H16BrNO. The maximum absolute atomic E-state index is 5.96. The van der Waals surface area contributed by atoms with Crippen LogP contribution in [0.3, 0.4) is 0 Å². The molecule has 0 unspecified atom stereocenters. The molecule has 0 aliphatic rings. The zero-order valence-corrected chi connectivity index (χ0v) is 12.1. The van der Waals surface area contributed by atoms with E-state index in [1.807, 2.05) is 56.3 Å². The smallest absolute Gasteiger partial charge is 0.132 e. The molecule has 0 heterocycles. The van der Waals surface area contributed by atoms with Gasteiger partial charge in [-0.25, -0.2) is 0 Å². The Balaban J connectivity index is 2.34. The number of para-hydroxylation sites is 1. The molecule has 2 rings (SSSR count). The molecule has 2 N–H and O–H groups in total. The number of hydrogen-bond acceptors (Lipinski definition) is 2.